The van der Waals surface area contributed by atoms with Crippen LogP contribution in [0.4, 0.5) is 5.69 Å². The van der Waals surface area contributed by atoms with Gasteiger partial charge < -0.3 is 10.4 Å². The number of hydrogen-bond acceptors (Lipinski definition) is 2. The van der Waals surface area contributed by atoms with Crippen molar-refractivity contribution in [1.29, 1.82) is 0 Å². The molecule has 2 aromatic carbocycles. The van der Waals surface area contributed by atoms with Gasteiger partial charge in [0.15, 0.2) is 0 Å². The summed E-state index contributed by atoms with van der Waals surface area (Å²) in [7, 11) is 0. The molecule has 0 aliphatic heterocycles. The monoisotopic (exact) mass is 275 g/mol. The molecule has 3 nitrogen and oxygen atoms in total. The topological polar surface area (TPSA) is 49.3 Å². The summed E-state index contributed by atoms with van der Waals surface area (Å²) < 4.78 is 0. The van der Waals surface area contributed by atoms with E-state index in [1.165, 1.54) is 0 Å². The van der Waals surface area contributed by atoms with Gasteiger partial charge in [0.2, 0.25) is 0 Å². The molecule has 0 aliphatic carbocycles. The molecule has 0 saturated heterocycles. The molecular weight excluding hydrogens is 262 g/mol. The Morgan fingerprint density at radius 2 is 2.00 bits per heavy atom. The number of hydrogen-bond donors (Lipinski definition) is 2. The van der Waals surface area contributed by atoms with Crippen LogP contribution in [0.15, 0.2) is 42.5 Å². The first-order chi connectivity index (χ1) is 9.08. The molecule has 0 atom stereocenters. The highest BCUT2D eigenvalue weighted by molar-refractivity contribution is 6.31. The summed E-state index contributed by atoms with van der Waals surface area (Å²) in [6, 6.07) is 12.6. The number of aromatic carboxylic acids is 1. The predicted molar refractivity (Wildman–Crippen MR) is 76.9 cm³/mol. The van der Waals surface area contributed by atoms with Gasteiger partial charge in [-0.1, -0.05) is 29.8 Å². The van der Waals surface area contributed by atoms with Gasteiger partial charge in [0.25, 0.3) is 0 Å². The first-order valence-electron chi connectivity index (χ1n) is 5.89. The molecule has 0 aliphatic rings. The van der Waals surface area contributed by atoms with Crippen molar-refractivity contribution in [2.75, 3.05) is 5.32 Å². The average Bonchev–Trinajstić information content (AvgIpc) is 2.39. The lowest BCUT2D eigenvalue weighted by Crippen LogP contribution is -2.03. The van der Waals surface area contributed by atoms with Crippen LogP contribution in [0.3, 0.4) is 0 Å². The van der Waals surface area contributed by atoms with Crippen LogP contribution >= 0.6 is 11.6 Å². The Balaban J connectivity index is 2.12. The van der Waals surface area contributed by atoms with E-state index in [1.54, 1.807) is 18.2 Å². The zero-order valence-corrected chi connectivity index (χ0v) is 11.2. The lowest BCUT2D eigenvalue weighted by atomic mass is 10.1. The van der Waals surface area contributed by atoms with E-state index in [9.17, 15) is 4.79 Å². The quantitative estimate of drug-likeness (QED) is 0.888. The number of halogens is 1. The molecule has 2 rings (SSSR count). The summed E-state index contributed by atoms with van der Waals surface area (Å²) >= 11 is 6.08. The van der Waals surface area contributed by atoms with Crippen LogP contribution in [0, 0.1) is 6.92 Å². The van der Waals surface area contributed by atoms with Gasteiger partial charge in [0, 0.05) is 17.3 Å². The molecule has 98 valence electrons. The molecule has 2 aromatic rings. The van der Waals surface area contributed by atoms with Crippen molar-refractivity contribution in [3.63, 3.8) is 0 Å². The highest BCUT2D eigenvalue weighted by Crippen LogP contribution is 2.20. The minimum absolute atomic E-state index is 0.292. The molecule has 0 spiro atoms. The van der Waals surface area contributed by atoms with E-state index in [2.05, 4.69) is 5.32 Å². The molecular formula is C15H14ClNO2. The van der Waals surface area contributed by atoms with Crippen molar-refractivity contribution in [3.8, 4) is 0 Å². The van der Waals surface area contributed by atoms with Gasteiger partial charge in [-0.05, 0) is 42.3 Å². The summed E-state index contributed by atoms with van der Waals surface area (Å²) in [4.78, 5) is 10.9. The number of carbonyl (C=O) groups is 1. The first kappa shape index (κ1) is 13.4. The second-order valence-corrected chi connectivity index (χ2v) is 4.69. The van der Waals surface area contributed by atoms with Gasteiger partial charge >= 0.3 is 5.97 Å². The van der Waals surface area contributed by atoms with Crippen LogP contribution in [0.2, 0.25) is 5.02 Å². The molecule has 2 N–H and O–H groups in total. The number of carboxylic acid groups (broad SMARTS) is 1. The van der Waals surface area contributed by atoms with Gasteiger partial charge in [-0.2, -0.15) is 0 Å². The van der Waals surface area contributed by atoms with Crippen molar-refractivity contribution >= 4 is 23.3 Å². The Labute approximate surface area is 116 Å². The molecule has 0 amide bonds. The zero-order chi connectivity index (χ0) is 13.8. The van der Waals surface area contributed by atoms with Gasteiger partial charge in [-0.25, -0.2) is 4.79 Å². The van der Waals surface area contributed by atoms with E-state index >= 15 is 0 Å². The Morgan fingerprint density at radius 3 is 2.63 bits per heavy atom. The molecule has 0 radical (unpaired) electrons. The lowest BCUT2D eigenvalue weighted by molar-refractivity contribution is 0.0697. The van der Waals surface area contributed by atoms with Crippen molar-refractivity contribution in [1.82, 2.24) is 0 Å². The highest BCUT2D eigenvalue weighted by Gasteiger charge is 2.06. The Morgan fingerprint density at radius 1 is 1.26 bits per heavy atom. The fourth-order valence-electron chi connectivity index (χ4n) is 1.83. The van der Waals surface area contributed by atoms with Crippen LogP contribution in [-0.2, 0) is 6.54 Å². The minimum Gasteiger partial charge on any atom is -0.478 e. The van der Waals surface area contributed by atoms with E-state index in [4.69, 9.17) is 16.7 Å². The second kappa shape index (κ2) is 5.76. The van der Waals surface area contributed by atoms with E-state index in [1.807, 2.05) is 31.2 Å². The Bertz CT molecular complexity index is 611. The second-order valence-electron chi connectivity index (χ2n) is 4.28. The molecule has 0 heterocycles. The van der Waals surface area contributed by atoms with E-state index in [-0.39, 0.29) is 0 Å². The largest absolute Gasteiger partial charge is 0.478 e. The number of carboxylic acids is 1. The summed E-state index contributed by atoms with van der Waals surface area (Å²) in [5, 5.41) is 12.9. The molecule has 0 unspecified atom stereocenters. The molecule has 0 saturated carbocycles. The van der Waals surface area contributed by atoms with Crippen LogP contribution in [0.25, 0.3) is 0 Å². The molecule has 0 aromatic heterocycles. The number of anilines is 1. The fraction of sp³-hybridized carbons (Fsp3) is 0.133. The third-order valence-electron chi connectivity index (χ3n) is 2.90. The average molecular weight is 276 g/mol. The summed E-state index contributed by atoms with van der Waals surface area (Å²) in [5.74, 6) is -0.916. The van der Waals surface area contributed by atoms with Crippen LogP contribution in [-0.4, -0.2) is 11.1 Å². The van der Waals surface area contributed by atoms with E-state index < -0.39 is 5.97 Å². The first-order valence-corrected chi connectivity index (χ1v) is 6.27. The van der Waals surface area contributed by atoms with Crippen molar-refractivity contribution in [3.05, 3.63) is 64.2 Å². The highest BCUT2D eigenvalue weighted by atomic mass is 35.5. The number of benzene rings is 2. The van der Waals surface area contributed by atoms with Crippen LogP contribution in [0.1, 0.15) is 21.5 Å². The summed E-state index contributed by atoms with van der Waals surface area (Å²) in [6.07, 6.45) is 0. The maximum Gasteiger partial charge on any atom is 0.335 e. The SMILES string of the molecule is Cc1cc(C(=O)O)ccc1NCc1ccccc1Cl. The Kier molecular flexibility index (Phi) is 4.07. The standard InChI is InChI=1S/C15H14ClNO2/c1-10-8-11(15(18)19)6-7-14(10)17-9-12-4-2-3-5-13(12)16/h2-8,17H,9H2,1H3,(H,18,19). The van der Waals surface area contributed by atoms with Crippen LogP contribution < -0.4 is 5.32 Å². The minimum atomic E-state index is -0.916. The molecule has 19 heavy (non-hydrogen) atoms. The van der Waals surface area contributed by atoms with Gasteiger partial charge in [0.1, 0.15) is 0 Å². The van der Waals surface area contributed by atoms with Crippen molar-refractivity contribution in [2.45, 2.75) is 13.5 Å². The summed E-state index contributed by atoms with van der Waals surface area (Å²) in [6.45, 7) is 2.48. The molecule has 0 bridgehead atoms. The third-order valence-corrected chi connectivity index (χ3v) is 3.27. The fourth-order valence-corrected chi connectivity index (χ4v) is 2.03. The third kappa shape index (κ3) is 3.26. The smallest absolute Gasteiger partial charge is 0.335 e. The lowest BCUT2D eigenvalue weighted by Gasteiger charge is -2.11. The summed E-state index contributed by atoms with van der Waals surface area (Å²) in [5.41, 5.74) is 3.10. The zero-order valence-electron chi connectivity index (χ0n) is 10.5. The Hall–Kier alpha value is -2.00. The van der Waals surface area contributed by atoms with Crippen molar-refractivity contribution in [2.24, 2.45) is 0 Å². The van der Waals surface area contributed by atoms with Gasteiger partial charge in [0.05, 0.1) is 5.56 Å². The van der Waals surface area contributed by atoms with Gasteiger partial charge in [-0.3, -0.25) is 0 Å². The predicted octanol–water partition coefficient (Wildman–Crippen LogP) is 3.96. The van der Waals surface area contributed by atoms with Gasteiger partial charge in [-0.15, -0.1) is 0 Å². The number of rotatable bonds is 4. The molecule has 0 fully saturated rings. The van der Waals surface area contributed by atoms with Crippen LogP contribution in [0.5, 0.6) is 0 Å². The van der Waals surface area contributed by atoms with Crippen molar-refractivity contribution < 1.29 is 9.90 Å². The number of nitrogens with one attached hydrogen (secondary N) is 1. The van der Waals surface area contributed by atoms with E-state index in [0.29, 0.717) is 12.1 Å². The maximum atomic E-state index is 10.9. The normalized spacial score (nSPS) is 10.2. The number of aryl methyl sites for hydroxylation is 1. The maximum absolute atomic E-state index is 10.9. The van der Waals surface area contributed by atoms with E-state index in [0.717, 1.165) is 21.8 Å². The molecule has 4 heteroatoms.